The summed E-state index contributed by atoms with van der Waals surface area (Å²) in [7, 11) is 0. The van der Waals surface area contributed by atoms with Crippen LogP contribution < -0.4 is 0 Å². The highest BCUT2D eigenvalue weighted by Crippen LogP contribution is 2.29. The third-order valence-electron chi connectivity index (χ3n) is 3.19. The summed E-state index contributed by atoms with van der Waals surface area (Å²) in [6.07, 6.45) is 0. The second kappa shape index (κ2) is 7.03. The van der Waals surface area contributed by atoms with Crippen LogP contribution in [-0.4, -0.2) is 11.1 Å². The molecule has 0 atom stereocenters. The van der Waals surface area contributed by atoms with Crippen LogP contribution in [0.3, 0.4) is 0 Å². The molecule has 4 nitrogen and oxygen atoms in total. The maximum absolute atomic E-state index is 12.8. The first-order chi connectivity index (χ1) is 11.5. The summed E-state index contributed by atoms with van der Waals surface area (Å²) >= 11 is 11.8. The van der Waals surface area contributed by atoms with Gasteiger partial charge in [-0.15, -0.1) is 0 Å². The molecule has 2 aromatic carbocycles. The lowest BCUT2D eigenvalue weighted by atomic mass is 10.1. The minimum atomic E-state index is -0.575. The van der Waals surface area contributed by atoms with Gasteiger partial charge in [-0.1, -0.05) is 28.4 Å². The Labute approximate surface area is 146 Å². The van der Waals surface area contributed by atoms with Gasteiger partial charge in [0.2, 0.25) is 0 Å². The summed E-state index contributed by atoms with van der Waals surface area (Å²) in [5, 5.41) is 4.67. The quantitative estimate of drug-likeness (QED) is 0.600. The molecule has 24 heavy (non-hydrogen) atoms. The zero-order valence-corrected chi connectivity index (χ0v) is 13.6. The Balaban J connectivity index is 1.66. The smallest absolute Gasteiger partial charge is 0.338 e. The molecule has 0 saturated carbocycles. The second-order valence-corrected chi connectivity index (χ2v) is 5.71. The Bertz CT molecular complexity index is 878. The molecule has 1 aromatic heterocycles. The summed E-state index contributed by atoms with van der Waals surface area (Å²) in [6, 6.07) is 11.8. The van der Waals surface area contributed by atoms with E-state index in [0.717, 1.165) is 0 Å². The molecule has 0 saturated heterocycles. The number of halogens is 3. The van der Waals surface area contributed by atoms with Crippen molar-refractivity contribution in [3.05, 3.63) is 75.7 Å². The van der Waals surface area contributed by atoms with Gasteiger partial charge in [0.15, 0.2) is 5.76 Å². The van der Waals surface area contributed by atoms with Crippen molar-refractivity contribution in [2.45, 2.75) is 6.61 Å². The molecule has 0 fully saturated rings. The summed E-state index contributed by atoms with van der Waals surface area (Å²) in [6.45, 7) is -0.0684. The topological polar surface area (TPSA) is 52.3 Å². The summed E-state index contributed by atoms with van der Waals surface area (Å²) in [5.41, 5.74) is 1.39. The fourth-order valence-corrected chi connectivity index (χ4v) is 2.27. The average Bonchev–Trinajstić information content (AvgIpc) is 3.05. The van der Waals surface area contributed by atoms with Gasteiger partial charge in [0.1, 0.15) is 18.1 Å². The van der Waals surface area contributed by atoms with Crippen LogP contribution in [0.15, 0.2) is 53.1 Å². The second-order valence-electron chi connectivity index (χ2n) is 4.89. The molecule has 0 aliphatic rings. The molecule has 1 heterocycles. The Kier molecular flexibility index (Phi) is 4.83. The van der Waals surface area contributed by atoms with Gasteiger partial charge in [0, 0.05) is 11.6 Å². The summed E-state index contributed by atoms with van der Waals surface area (Å²) in [5.74, 6) is -0.523. The van der Waals surface area contributed by atoms with Gasteiger partial charge < -0.3 is 9.26 Å². The molecule has 0 bridgehead atoms. The van der Waals surface area contributed by atoms with Crippen LogP contribution in [0.25, 0.3) is 11.3 Å². The molecular weight excluding hydrogens is 356 g/mol. The Hall–Kier alpha value is -2.37. The van der Waals surface area contributed by atoms with Crippen molar-refractivity contribution < 1.29 is 18.4 Å². The number of ether oxygens (including phenoxy) is 1. The van der Waals surface area contributed by atoms with Crippen LogP contribution in [0, 0.1) is 5.82 Å². The molecular formula is C17H10Cl2FNO3. The highest BCUT2D eigenvalue weighted by molar-refractivity contribution is 6.42. The molecule has 0 N–H and O–H groups in total. The first kappa shape index (κ1) is 16.5. The normalized spacial score (nSPS) is 10.6. The molecule has 7 heteroatoms. The molecule has 0 aliphatic carbocycles. The summed E-state index contributed by atoms with van der Waals surface area (Å²) in [4.78, 5) is 11.9. The average molecular weight is 366 g/mol. The van der Waals surface area contributed by atoms with E-state index in [1.54, 1.807) is 24.3 Å². The number of carbonyl (C=O) groups excluding carboxylic acids is 1. The lowest BCUT2D eigenvalue weighted by Crippen LogP contribution is -2.05. The molecule has 0 radical (unpaired) electrons. The predicted molar refractivity (Wildman–Crippen MR) is 87.5 cm³/mol. The number of hydrogen-bond acceptors (Lipinski definition) is 4. The van der Waals surface area contributed by atoms with Crippen LogP contribution in [0.5, 0.6) is 0 Å². The molecule has 0 aliphatic heterocycles. The Morgan fingerprint density at radius 3 is 2.54 bits per heavy atom. The van der Waals surface area contributed by atoms with E-state index in [9.17, 15) is 9.18 Å². The number of carbonyl (C=O) groups is 1. The van der Waals surface area contributed by atoms with Gasteiger partial charge in [-0.2, -0.15) is 0 Å². The van der Waals surface area contributed by atoms with Crippen LogP contribution in [0.2, 0.25) is 10.0 Å². The van der Waals surface area contributed by atoms with Gasteiger partial charge in [-0.25, -0.2) is 9.18 Å². The lowest BCUT2D eigenvalue weighted by Gasteiger charge is -2.02. The highest BCUT2D eigenvalue weighted by Gasteiger charge is 2.12. The predicted octanol–water partition coefficient (Wildman–Crippen LogP) is 5.14. The fraction of sp³-hybridized carbons (Fsp3) is 0.0588. The van der Waals surface area contributed by atoms with Crippen molar-refractivity contribution in [3.63, 3.8) is 0 Å². The Morgan fingerprint density at radius 2 is 1.83 bits per heavy atom. The van der Waals surface area contributed by atoms with Crippen molar-refractivity contribution in [1.82, 2.24) is 5.16 Å². The van der Waals surface area contributed by atoms with E-state index in [2.05, 4.69) is 5.16 Å². The molecule has 122 valence electrons. The van der Waals surface area contributed by atoms with Gasteiger partial charge in [0.05, 0.1) is 15.6 Å². The van der Waals surface area contributed by atoms with Crippen molar-refractivity contribution in [2.75, 3.05) is 0 Å². The standard InChI is InChI=1S/C17H10Cl2FNO3/c18-14-6-3-11(7-15(14)19)16-8-13(21-24-16)9-23-17(22)10-1-4-12(20)5-2-10/h1-8H,9H2. The first-order valence-corrected chi connectivity index (χ1v) is 7.62. The molecule has 3 aromatic rings. The van der Waals surface area contributed by atoms with E-state index in [4.69, 9.17) is 32.5 Å². The SMILES string of the molecule is O=C(OCc1cc(-c2ccc(Cl)c(Cl)c2)on1)c1ccc(F)cc1. The third-order valence-corrected chi connectivity index (χ3v) is 3.93. The van der Waals surface area contributed by atoms with Gasteiger partial charge in [-0.05, 0) is 42.5 Å². The number of nitrogens with zero attached hydrogens (tertiary/aromatic N) is 1. The molecule has 0 spiro atoms. The van der Waals surface area contributed by atoms with E-state index in [1.165, 1.54) is 24.3 Å². The number of aromatic nitrogens is 1. The van der Waals surface area contributed by atoms with Crippen molar-refractivity contribution in [1.29, 1.82) is 0 Å². The molecule has 3 rings (SSSR count). The van der Waals surface area contributed by atoms with Crippen LogP contribution in [0.4, 0.5) is 4.39 Å². The minimum absolute atomic E-state index is 0.0684. The van der Waals surface area contributed by atoms with E-state index < -0.39 is 11.8 Å². The largest absolute Gasteiger partial charge is 0.455 e. The van der Waals surface area contributed by atoms with E-state index in [-0.39, 0.29) is 12.2 Å². The number of hydrogen-bond donors (Lipinski definition) is 0. The fourth-order valence-electron chi connectivity index (χ4n) is 1.97. The maximum Gasteiger partial charge on any atom is 0.338 e. The van der Waals surface area contributed by atoms with Crippen LogP contribution in [0.1, 0.15) is 16.1 Å². The van der Waals surface area contributed by atoms with Crippen LogP contribution >= 0.6 is 23.2 Å². The monoisotopic (exact) mass is 365 g/mol. The minimum Gasteiger partial charge on any atom is -0.455 e. The van der Waals surface area contributed by atoms with Crippen molar-refractivity contribution in [3.8, 4) is 11.3 Å². The van der Waals surface area contributed by atoms with E-state index >= 15 is 0 Å². The van der Waals surface area contributed by atoms with E-state index in [0.29, 0.717) is 27.1 Å². The highest BCUT2D eigenvalue weighted by atomic mass is 35.5. The summed E-state index contributed by atoms with van der Waals surface area (Å²) < 4.78 is 23.1. The number of benzene rings is 2. The number of rotatable bonds is 4. The lowest BCUT2D eigenvalue weighted by molar-refractivity contribution is 0.0464. The van der Waals surface area contributed by atoms with Crippen molar-refractivity contribution in [2.24, 2.45) is 0 Å². The van der Waals surface area contributed by atoms with Crippen molar-refractivity contribution >= 4 is 29.2 Å². The van der Waals surface area contributed by atoms with E-state index in [1.807, 2.05) is 0 Å². The zero-order valence-electron chi connectivity index (χ0n) is 12.1. The maximum atomic E-state index is 12.8. The third kappa shape index (κ3) is 3.75. The van der Waals surface area contributed by atoms with Crippen LogP contribution in [-0.2, 0) is 11.3 Å². The van der Waals surface area contributed by atoms with Gasteiger partial charge in [0.25, 0.3) is 0 Å². The zero-order chi connectivity index (χ0) is 17.1. The molecule has 0 amide bonds. The first-order valence-electron chi connectivity index (χ1n) is 6.86. The van der Waals surface area contributed by atoms with Gasteiger partial charge in [-0.3, -0.25) is 0 Å². The number of esters is 1. The molecule has 0 unspecified atom stereocenters. The van der Waals surface area contributed by atoms with Gasteiger partial charge >= 0.3 is 5.97 Å². The Morgan fingerprint density at radius 1 is 1.08 bits per heavy atom.